The van der Waals surface area contributed by atoms with E-state index in [1.54, 1.807) is 0 Å². The van der Waals surface area contributed by atoms with Gasteiger partial charge in [0.15, 0.2) is 0 Å². The third-order valence-electron chi connectivity index (χ3n) is 2.75. The first-order valence-corrected chi connectivity index (χ1v) is 5.99. The molecule has 0 saturated heterocycles. The molecule has 0 aliphatic heterocycles. The van der Waals surface area contributed by atoms with Gasteiger partial charge < -0.3 is 15.7 Å². The zero-order chi connectivity index (χ0) is 12.1. The molecule has 3 N–H and O–H groups in total. The average molecular weight is 234 g/mol. The molecular weight excluding hydrogens is 216 g/mol. The third kappa shape index (κ3) is 4.17. The van der Waals surface area contributed by atoms with E-state index < -0.39 is 6.10 Å². The zero-order valence-corrected chi connectivity index (χ0v) is 9.73. The Labute approximate surface area is 101 Å². The van der Waals surface area contributed by atoms with Crippen molar-refractivity contribution in [3.8, 4) is 0 Å². The summed E-state index contributed by atoms with van der Waals surface area (Å²) in [6.45, 7) is 0.655. The van der Waals surface area contributed by atoms with Gasteiger partial charge in [-0.25, -0.2) is 0 Å². The lowest BCUT2D eigenvalue weighted by atomic mass is 10.1. The minimum atomic E-state index is -0.565. The molecule has 1 aliphatic carbocycles. The van der Waals surface area contributed by atoms with Crippen LogP contribution < -0.4 is 10.6 Å². The Bertz CT molecular complexity index is 363. The largest absolute Gasteiger partial charge is 0.387 e. The van der Waals surface area contributed by atoms with Crippen molar-refractivity contribution in [2.75, 3.05) is 13.1 Å². The maximum Gasteiger partial charge on any atom is 0.234 e. The molecule has 0 bridgehead atoms. The molecule has 1 aromatic rings. The summed E-state index contributed by atoms with van der Waals surface area (Å²) in [5.74, 6) is 0.00719. The van der Waals surface area contributed by atoms with Gasteiger partial charge >= 0.3 is 0 Å². The predicted octanol–water partition coefficient (Wildman–Crippen LogP) is 0.588. The summed E-state index contributed by atoms with van der Waals surface area (Å²) < 4.78 is 0. The fourth-order valence-corrected chi connectivity index (χ4v) is 1.62. The number of carbonyl (C=O) groups is 1. The first-order valence-electron chi connectivity index (χ1n) is 5.99. The molecule has 2 rings (SSSR count). The highest BCUT2D eigenvalue weighted by Gasteiger charge is 2.22. The monoisotopic (exact) mass is 234 g/mol. The van der Waals surface area contributed by atoms with E-state index in [-0.39, 0.29) is 12.5 Å². The van der Waals surface area contributed by atoms with Crippen LogP contribution in [-0.2, 0) is 4.79 Å². The summed E-state index contributed by atoms with van der Waals surface area (Å²) >= 11 is 0. The van der Waals surface area contributed by atoms with Crippen molar-refractivity contribution < 1.29 is 9.90 Å². The molecule has 92 valence electrons. The van der Waals surface area contributed by atoms with Crippen molar-refractivity contribution in [2.24, 2.45) is 0 Å². The second-order valence-corrected chi connectivity index (χ2v) is 4.40. The summed E-state index contributed by atoms with van der Waals surface area (Å²) in [6, 6.07) is 9.82. The summed E-state index contributed by atoms with van der Waals surface area (Å²) in [6.07, 6.45) is 1.63. The van der Waals surface area contributed by atoms with E-state index in [9.17, 15) is 9.90 Å². The van der Waals surface area contributed by atoms with Crippen LogP contribution in [0.2, 0.25) is 0 Å². The first kappa shape index (κ1) is 12.1. The van der Waals surface area contributed by atoms with E-state index in [0.717, 1.165) is 18.4 Å². The number of amides is 1. The average Bonchev–Trinajstić information content (AvgIpc) is 3.14. The molecule has 1 amide bonds. The number of nitrogens with one attached hydrogen (secondary N) is 2. The highest BCUT2D eigenvalue weighted by Crippen LogP contribution is 2.18. The molecule has 0 spiro atoms. The number of carbonyl (C=O) groups excluding carboxylic acids is 1. The van der Waals surface area contributed by atoms with Crippen molar-refractivity contribution in [2.45, 2.75) is 25.0 Å². The lowest BCUT2D eigenvalue weighted by molar-refractivity contribution is -0.120. The van der Waals surface area contributed by atoms with Gasteiger partial charge in [0.25, 0.3) is 0 Å². The molecule has 0 radical (unpaired) electrons. The molecule has 1 aromatic carbocycles. The second-order valence-electron chi connectivity index (χ2n) is 4.40. The van der Waals surface area contributed by atoms with E-state index >= 15 is 0 Å². The van der Waals surface area contributed by atoms with Crippen molar-refractivity contribution in [3.05, 3.63) is 35.9 Å². The van der Waals surface area contributed by atoms with E-state index in [4.69, 9.17) is 0 Å². The smallest absolute Gasteiger partial charge is 0.234 e. The van der Waals surface area contributed by atoms with Gasteiger partial charge in [-0.05, 0) is 18.4 Å². The quantitative estimate of drug-likeness (QED) is 0.675. The molecule has 1 aliphatic rings. The third-order valence-corrected chi connectivity index (χ3v) is 2.75. The number of benzene rings is 1. The SMILES string of the molecule is O=C(CNCC(O)c1ccccc1)NC1CC1. The van der Waals surface area contributed by atoms with Crippen LogP contribution in [0.1, 0.15) is 24.5 Å². The minimum absolute atomic E-state index is 0.00719. The molecule has 4 nitrogen and oxygen atoms in total. The summed E-state index contributed by atoms with van der Waals surface area (Å²) in [7, 11) is 0. The molecule has 1 saturated carbocycles. The first-order chi connectivity index (χ1) is 8.25. The van der Waals surface area contributed by atoms with E-state index in [2.05, 4.69) is 10.6 Å². The van der Waals surface area contributed by atoms with Gasteiger partial charge in [0.2, 0.25) is 5.91 Å². The number of hydrogen-bond donors (Lipinski definition) is 3. The van der Waals surface area contributed by atoms with E-state index in [1.165, 1.54) is 0 Å². The number of aliphatic hydroxyl groups excluding tert-OH is 1. The van der Waals surface area contributed by atoms with E-state index in [1.807, 2.05) is 30.3 Å². The molecule has 0 aromatic heterocycles. The van der Waals surface area contributed by atoms with Crippen molar-refractivity contribution >= 4 is 5.91 Å². The minimum Gasteiger partial charge on any atom is -0.387 e. The fraction of sp³-hybridized carbons (Fsp3) is 0.462. The normalized spacial score (nSPS) is 16.5. The Kier molecular flexibility index (Phi) is 4.12. The summed E-state index contributed by atoms with van der Waals surface area (Å²) in [5.41, 5.74) is 0.864. The van der Waals surface area contributed by atoms with Crippen LogP contribution in [0.4, 0.5) is 0 Å². The highest BCUT2D eigenvalue weighted by atomic mass is 16.3. The molecule has 17 heavy (non-hydrogen) atoms. The Hall–Kier alpha value is -1.39. The highest BCUT2D eigenvalue weighted by molar-refractivity contribution is 5.78. The van der Waals surface area contributed by atoms with Gasteiger partial charge in [-0.1, -0.05) is 30.3 Å². The van der Waals surface area contributed by atoms with Crippen LogP contribution in [0, 0.1) is 0 Å². The topological polar surface area (TPSA) is 61.4 Å². The molecule has 4 heteroatoms. The Balaban J connectivity index is 1.65. The van der Waals surface area contributed by atoms with Crippen molar-refractivity contribution in [3.63, 3.8) is 0 Å². The lowest BCUT2D eigenvalue weighted by Gasteiger charge is -2.11. The predicted molar refractivity (Wildman–Crippen MR) is 65.4 cm³/mol. The second kappa shape index (κ2) is 5.80. The number of hydrogen-bond acceptors (Lipinski definition) is 3. The van der Waals surface area contributed by atoms with Gasteiger partial charge in [0.1, 0.15) is 0 Å². The van der Waals surface area contributed by atoms with Crippen LogP contribution >= 0.6 is 0 Å². The fourth-order valence-electron chi connectivity index (χ4n) is 1.62. The van der Waals surface area contributed by atoms with Crippen LogP contribution in [0.25, 0.3) is 0 Å². The Morgan fingerprint density at radius 3 is 2.71 bits per heavy atom. The summed E-state index contributed by atoms with van der Waals surface area (Å²) in [5, 5.41) is 15.7. The van der Waals surface area contributed by atoms with Crippen LogP contribution in [-0.4, -0.2) is 30.1 Å². The zero-order valence-electron chi connectivity index (χ0n) is 9.73. The molecular formula is C13H18N2O2. The standard InChI is InChI=1S/C13H18N2O2/c16-12(10-4-2-1-3-5-10)8-14-9-13(17)15-11-6-7-11/h1-5,11-12,14,16H,6-9H2,(H,15,17). The van der Waals surface area contributed by atoms with Gasteiger partial charge in [0.05, 0.1) is 12.6 Å². The van der Waals surface area contributed by atoms with Crippen molar-refractivity contribution in [1.82, 2.24) is 10.6 Å². The molecule has 1 atom stereocenters. The lowest BCUT2D eigenvalue weighted by Crippen LogP contribution is -2.36. The van der Waals surface area contributed by atoms with Crippen LogP contribution in [0.3, 0.4) is 0 Å². The van der Waals surface area contributed by atoms with Crippen molar-refractivity contribution in [1.29, 1.82) is 0 Å². The van der Waals surface area contributed by atoms with Gasteiger partial charge in [-0.15, -0.1) is 0 Å². The van der Waals surface area contributed by atoms with Gasteiger partial charge in [-0.3, -0.25) is 4.79 Å². The van der Waals surface area contributed by atoms with E-state index in [0.29, 0.717) is 12.6 Å². The Morgan fingerprint density at radius 2 is 2.06 bits per heavy atom. The number of rotatable bonds is 6. The van der Waals surface area contributed by atoms with Crippen LogP contribution in [0.15, 0.2) is 30.3 Å². The molecule has 1 unspecified atom stereocenters. The maximum absolute atomic E-state index is 11.4. The van der Waals surface area contributed by atoms with Gasteiger partial charge in [0, 0.05) is 12.6 Å². The molecule has 1 fully saturated rings. The number of aliphatic hydroxyl groups is 1. The van der Waals surface area contributed by atoms with Gasteiger partial charge in [-0.2, -0.15) is 0 Å². The summed E-state index contributed by atoms with van der Waals surface area (Å²) in [4.78, 5) is 11.4. The molecule has 0 heterocycles. The Morgan fingerprint density at radius 1 is 1.35 bits per heavy atom. The van der Waals surface area contributed by atoms with Crippen LogP contribution in [0.5, 0.6) is 0 Å². The maximum atomic E-state index is 11.4.